The van der Waals surface area contributed by atoms with E-state index in [9.17, 15) is 9.59 Å². The fourth-order valence-electron chi connectivity index (χ4n) is 2.60. The molecular weight excluding hydrogens is 372 g/mol. The summed E-state index contributed by atoms with van der Waals surface area (Å²) in [5, 5.41) is 12.2. The van der Waals surface area contributed by atoms with E-state index in [-0.39, 0.29) is 25.1 Å². The molecular formula is C17H20N4O3S2. The number of thioether (sulfide) groups is 1. The lowest BCUT2D eigenvalue weighted by molar-refractivity contribution is -0.117. The summed E-state index contributed by atoms with van der Waals surface area (Å²) in [6, 6.07) is 9.28. The van der Waals surface area contributed by atoms with Crippen molar-refractivity contribution in [2.24, 2.45) is 0 Å². The lowest BCUT2D eigenvalue weighted by atomic mass is 10.1. The largest absolute Gasteiger partial charge is 0.447 e. The first-order valence-corrected chi connectivity index (χ1v) is 10.3. The lowest BCUT2D eigenvalue weighted by Gasteiger charge is -2.20. The molecule has 1 aliphatic rings. The van der Waals surface area contributed by atoms with Gasteiger partial charge in [0.15, 0.2) is 0 Å². The highest BCUT2D eigenvalue weighted by atomic mass is 32.2. The van der Waals surface area contributed by atoms with E-state index in [1.807, 2.05) is 42.1 Å². The van der Waals surface area contributed by atoms with Crippen molar-refractivity contribution in [2.75, 3.05) is 30.0 Å². The molecule has 1 aromatic carbocycles. The van der Waals surface area contributed by atoms with Gasteiger partial charge in [0.1, 0.15) is 18.2 Å². The zero-order valence-electron chi connectivity index (χ0n) is 14.4. The summed E-state index contributed by atoms with van der Waals surface area (Å²) < 4.78 is 5.12. The SMILES string of the molecule is CCSCCc1nnc(NC(=O)CN2C(=O)OC[C@H]2c2ccccc2)s1. The molecule has 2 amide bonds. The van der Waals surface area contributed by atoms with Crippen LogP contribution in [0.1, 0.15) is 23.5 Å². The van der Waals surface area contributed by atoms with Gasteiger partial charge in [0.05, 0.1) is 6.04 Å². The maximum Gasteiger partial charge on any atom is 0.410 e. The summed E-state index contributed by atoms with van der Waals surface area (Å²) in [6.07, 6.45) is 0.351. The fourth-order valence-corrected chi connectivity index (χ4v) is 4.11. The molecule has 138 valence electrons. The van der Waals surface area contributed by atoms with E-state index in [0.717, 1.165) is 28.5 Å². The molecule has 1 aliphatic heterocycles. The third-order valence-electron chi connectivity index (χ3n) is 3.85. The van der Waals surface area contributed by atoms with Crippen LogP contribution in [0.4, 0.5) is 9.93 Å². The minimum Gasteiger partial charge on any atom is -0.447 e. The topological polar surface area (TPSA) is 84.4 Å². The van der Waals surface area contributed by atoms with Gasteiger partial charge in [-0.2, -0.15) is 11.8 Å². The van der Waals surface area contributed by atoms with Gasteiger partial charge < -0.3 is 4.74 Å². The number of aryl methyl sites for hydroxylation is 1. The summed E-state index contributed by atoms with van der Waals surface area (Å²) in [5.74, 6) is 1.74. The zero-order chi connectivity index (χ0) is 18.4. The molecule has 0 unspecified atom stereocenters. The summed E-state index contributed by atoms with van der Waals surface area (Å²) in [4.78, 5) is 25.8. The van der Waals surface area contributed by atoms with Crippen molar-refractivity contribution >= 4 is 40.2 Å². The van der Waals surface area contributed by atoms with Crippen LogP contribution < -0.4 is 5.32 Å². The van der Waals surface area contributed by atoms with Crippen molar-refractivity contribution in [3.63, 3.8) is 0 Å². The van der Waals surface area contributed by atoms with Gasteiger partial charge in [-0.25, -0.2) is 4.79 Å². The zero-order valence-corrected chi connectivity index (χ0v) is 16.0. The number of anilines is 1. The van der Waals surface area contributed by atoms with E-state index in [1.165, 1.54) is 16.2 Å². The quantitative estimate of drug-likeness (QED) is 0.695. The molecule has 1 fully saturated rings. The first kappa shape index (κ1) is 18.7. The molecule has 0 spiro atoms. The maximum absolute atomic E-state index is 12.3. The Morgan fingerprint density at radius 2 is 2.19 bits per heavy atom. The smallest absolute Gasteiger partial charge is 0.410 e. The summed E-state index contributed by atoms with van der Waals surface area (Å²) in [5.41, 5.74) is 0.942. The van der Waals surface area contributed by atoms with Crippen LogP contribution >= 0.6 is 23.1 Å². The molecule has 1 aromatic heterocycles. The second-order valence-electron chi connectivity index (χ2n) is 5.63. The molecule has 26 heavy (non-hydrogen) atoms. The molecule has 3 rings (SSSR count). The fraction of sp³-hybridized carbons (Fsp3) is 0.412. The third-order valence-corrected chi connectivity index (χ3v) is 5.65. The van der Waals surface area contributed by atoms with Gasteiger partial charge in [-0.3, -0.25) is 15.0 Å². The molecule has 2 heterocycles. The number of hydrogen-bond acceptors (Lipinski definition) is 7. The van der Waals surface area contributed by atoms with Crippen LogP contribution in [0.15, 0.2) is 30.3 Å². The first-order valence-electron chi connectivity index (χ1n) is 8.35. The second-order valence-corrected chi connectivity index (χ2v) is 8.08. The number of aromatic nitrogens is 2. The number of carbonyl (C=O) groups excluding carboxylic acids is 2. The van der Waals surface area contributed by atoms with Crippen LogP contribution in [-0.4, -0.2) is 51.8 Å². The Labute approximate surface area is 160 Å². The van der Waals surface area contributed by atoms with E-state index in [4.69, 9.17) is 4.74 Å². The van der Waals surface area contributed by atoms with Crippen LogP contribution in [0, 0.1) is 0 Å². The van der Waals surface area contributed by atoms with Crippen molar-refractivity contribution in [3.05, 3.63) is 40.9 Å². The normalized spacial score (nSPS) is 16.6. The van der Waals surface area contributed by atoms with Gasteiger partial charge >= 0.3 is 6.09 Å². The molecule has 0 radical (unpaired) electrons. The number of amides is 2. The van der Waals surface area contributed by atoms with Crippen LogP contribution in [0.25, 0.3) is 0 Å². The number of cyclic esters (lactones) is 1. The maximum atomic E-state index is 12.3. The first-order chi connectivity index (χ1) is 12.7. The van der Waals surface area contributed by atoms with E-state index >= 15 is 0 Å². The van der Waals surface area contributed by atoms with E-state index in [0.29, 0.717) is 5.13 Å². The third kappa shape index (κ3) is 4.73. The van der Waals surface area contributed by atoms with Crippen LogP contribution in [0.3, 0.4) is 0 Å². The predicted molar refractivity (Wildman–Crippen MR) is 102 cm³/mol. The summed E-state index contributed by atoms with van der Waals surface area (Å²) in [6.45, 7) is 2.27. The molecule has 1 N–H and O–H groups in total. The van der Waals surface area contributed by atoms with Gasteiger partial charge in [0.25, 0.3) is 0 Å². The summed E-state index contributed by atoms with van der Waals surface area (Å²) >= 11 is 3.20. The number of ether oxygens (including phenoxy) is 1. The molecule has 1 saturated heterocycles. The van der Waals surface area contributed by atoms with Crippen molar-refractivity contribution in [2.45, 2.75) is 19.4 Å². The Bertz CT molecular complexity index is 753. The monoisotopic (exact) mass is 392 g/mol. The molecule has 0 aliphatic carbocycles. The molecule has 9 heteroatoms. The van der Waals surface area contributed by atoms with Crippen LogP contribution in [0.2, 0.25) is 0 Å². The average molecular weight is 393 g/mol. The number of benzene rings is 1. The van der Waals surface area contributed by atoms with Crippen molar-refractivity contribution < 1.29 is 14.3 Å². The van der Waals surface area contributed by atoms with Gasteiger partial charge in [-0.1, -0.05) is 48.6 Å². The summed E-state index contributed by atoms with van der Waals surface area (Å²) in [7, 11) is 0. The molecule has 7 nitrogen and oxygen atoms in total. The lowest BCUT2D eigenvalue weighted by Crippen LogP contribution is -2.35. The number of nitrogens with zero attached hydrogens (tertiary/aromatic N) is 3. The highest BCUT2D eigenvalue weighted by Crippen LogP contribution is 2.27. The van der Waals surface area contributed by atoms with Crippen LogP contribution in [0.5, 0.6) is 0 Å². The highest BCUT2D eigenvalue weighted by molar-refractivity contribution is 7.99. The van der Waals surface area contributed by atoms with Gasteiger partial charge in [0, 0.05) is 6.42 Å². The van der Waals surface area contributed by atoms with E-state index in [2.05, 4.69) is 22.4 Å². The van der Waals surface area contributed by atoms with Gasteiger partial charge in [-0.05, 0) is 17.1 Å². The molecule has 2 aromatic rings. The molecule has 0 saturated carbocycles. The number of nitrogens with one attached hydrogen (secondary N) is 1. The Balaban J connectivity index is 1.57. The van der Waals surface area contributed by atoms with Crippen molar-refractivity contribution in [1.82, 2.24) is 15.1 Å². The Morgan fingerprint density at radius 3 is 2.96 bits per heavy atom. The standard InChI is InChI=1S/C17H20N4O3S2/c1-2-25-9-8-15-19-20-16(26-15)18-14(22)10-21-13(11-24-17(21)23)12-6-4-3-5-7-12/h3-7,13H,2,8-11H2,1H3,(H,18,20,22)/t13-/m0/s1. The Hall–Kier alpha value is -2.13. The predicted octanol–water partition coefficient (Wildman–Crippen LogP) is 2.97. The number of carbonyl (C=O) groups is 2. The number of rotatable bonds is 8. The highest BCUT2D eigenvalue weighted by Gasteiger charge is 2.35. The van der Waals surface area contributed by atoms with E-state index < -0.39 is 6.09 Å². The van der Waals surface area contributed by atoms with Crippen molar-refractivity contribution in [1.29, 1.82) is 0 Å². The Morgan fingerprint density at radius 1 is 1.38 bits per heavy atom. The average Bonchev–Trinajstić information content (AvgIpc) is 3.23. The second kappa shape index (κ2) is 9.00. The minimum absolute atomic E-state index is 0.0843. The number of hydrogen-bond donors (Lipinski definition) is 1. The van der Waals surface area contributed by atoms with Crippen LogP contribution in [-0.2, 0) is 16.0 Å². The van der Waals surface area contributed by atoms with Gasteiger partial charge in [0.2, 0.25) is 11.0 Å². The molecule has 1 atom stereocenters. The minimum atomic E-state index is -0.483. The van der Waals surface area contributed by atoms with Crippen molar-refractivity contribution in [3.8, 4) is 0 Å². The Kier molecular flexibility index (Phi) is 6.45. The molecule has 0 bridgehead atoms. The van der Waals surface area contributed by atoms with Gasteiger partial charge in [-0.15, -0.1) is 10.2 Å². The van der Waals surface area contributed by atoms with E-state index in [1.54, 1.807) is 0 Å².